The molecule has 3 nitrogen and oxygen atoms in total. The highest BCUT2D eigenvalue weighted by molar-refractivity contribution is 5.42. The van der Waals surface area contributed by atoms with Gasteiger partial charge in [0.1, 0.15) is 12.1 Å². The molecule has 0 unspecified atom stereocenters. The number of allylic oxidation sites excluding steroid dienone is 1. The van der Waals surface area contributed by atoms with Crippen molar-refractivity contribution in [2.45, 2.75) is 13.3 Å². The maximum absolute atomic E-state index is 4.09. The van der Waals surface area contributed by atoms with Crippen LogP contribution in [0.15, 0.2) is 24.7 Å². The molecule has 0 aromatic carbocycles. The number of nitrogens with zero attached hydrogens (tertiary/aromatic N) is 2. The standard InChI is InChI=1S/C9H13N3/c1-7(2)4-8-5-11-6-12-9(8)10-3/h5-6H,1,4H2,2-3H3,(H,10,11,12). The summed E-state index contributed by atoms with van der Waals surface area (Å²) in [6, 6.07) is 0. The molecule has 0 radical (unpaired) electrons. The van der Waals surface area contributed by atoms with Crippen LogP contribution in [0.2, 0.25) is 0 Å². The van der Waals surface area contributed by atoms with Gasteiger partial charge in [-0.15, -0.1) is 0 Å². The third-order valence-corrected chi connectivity index (χ3v) is 1.52. The van der Waals surface area contributed by atoms with E-state index < -0.39 is 0 Å². The van der Waals surface area contributed by atoms with E-state index in [0.29, 0.717) is 0 Å². The van der Waals surface area contributed by atoms with Crippen molar-refractivity contribution in [2.75, 3.05) is 12.4 Å². The van der Waals surface area contributed by atoms with Crippen molar-refractivity contribution < 1.29 is 0 Å². The largest absolute Gasteiger partial charge is 0.373 e. The molecule has 1 aromatic heterocycles. The van der Waals surface area contributed by atoms with E-state index in [2.05, 4.69) is 21.9 Å². The molecule has 0 aliphatic heterocycles. The third kappa shape index (κ3) is 2.05. The Morgan fingerprint density at radius 1 is 1.67 bits per heavy atom. The Balaban J connectivity index is 2.89. The zero-order chi connectivity index (χ0) is 8.97. The van der Waals surface area contributed by atoms with Gasteiger partial charge < -0.3 is 5.32 Å². The normalized spacial score (nSPS) is 9.50. The van der Waals surface area contributed by atoms with Crippen LogP contribution in [-0.2, 0) is 6.42 Å². The second kappa shape index (κ2) is 3.85. The van der Waals surface area contributed by atoms with Gasteiger partial charge in [-0.2, -0.15) is 0 Å². The van der Waals surface area contributed by atoms with Crippen molar-refractivity contribution in [1.82, 2.24) is 9.97 Å². The summed E-state index contributed by atoms with van der Waals surface area (Å²) in [5, 5.41) is 3.01. The molecule has 0 atom stereocenters. The molecule has 64 valence electrons. The zero-order valence-corrected chi connectivity index (χ0v) is 7.46. The van der Waals surface area contributed by atoms with Crippen LogP contribution >= 0.6 is 0 Å². The van der Waals surface area contributed by atoms with Crippen molar-refractivity contribution >= 4 is 5.82 Å². The van der Waals surface area contributed by atoms with Crippen LogP contribution in [0.4, 0.5) is 5.82 Å². The highest BCUT2D eigenvalue weighted by atomic mass is 15.0. The lowest BCUT2D eigenvalue weighted by Gasteiger charge is -2.05. The van der Waals surface area contributed by atoms with Crippen molar-refractivity contribution in [2.24, 2.45) is 0 Å². The molecule has 3 heteroatoms. The predicted octanol–water partition coefficient (Wildman–Crippen LogP) is 1.64. The third-order valence-electron chi connectivity index (χ3n) is 1.52. The fraction of sp³-hybridized carbons (Fsp3) is 0.333. The molecule has 0 saturated carbocycles. The van der Waals surface area contributed by atoms with E-state index in [1.165, 1.54) is 6.33 Å². The van der Waals surface area contributed by atoms with Crippen molar-refractivity contribution in [3.8, 4) is 0 Å². The minimum absolute atomic E-state index is 0.830. The van der Waals surface area contributed by atoms with Gasteiger partial charge in [0.25, 0.3) is 0 Å². The molecule has 0 aliphatic carbocycles. The predicted molar refractivity (Wildman–Crippen MR) is 50.1 cm³/mol. The number of hydrogen-bond acceptors (Lipinski definition) is 3. The van der Waals surface area contributed by atoms with Crippen LogP contribution < -0.4 is 5.32 Å². The fourth-order valence-corrected chi connectivity index (χ4v) is 1.04. The van der Waals surface area contributed by atoms with Crippen LogP contribution in [0, 0.1) is 0 Å². The van der Waals surface area contributed by atoms with Crippen molar-refractivity contribution in [1.29, 1.82) is 0 Å². The maximum atomic E-state index is 4.09. The molecule has 1 rings (SSSR count). The maximum Gasteiger partial charge on any atom is 0.132 e. The fourth-order valence-electron chi connectivity index (χ4n) is 1.04. The smallest absolute Gasteiger partial charge is 0.132 e. The molecule has 1 N–H and O–H groups in total. The Hall–Kier alpha value is -1.38. The lowest BCUT2D eigenvalue weighted by atomic mass is 10.1. The van der Waals surface area contributed by atoms with E-state index >= 15 is 0 Å². The summed E-state index contributed by atoms with van der Waals surface area (Å²) < 4.78 is 0. The SMILES string of the molecule is C=C(C)Cc1cncnc1NC. The monoisotopic (exact) mass is 163 g/mol. The van der Waals surface area contributed by atoms with Crippen molar-refractivity contribution in [3.63, 3.8) is 0 Å². The topological polar surface area (TPSA) is 37.8 Å². The number of aromatic nitrogens is 2. The van der Waals surface area contributed by atoms with Crippen LogP contribution in [0.3, 0.4) is 0 Å². The summed E-state index contributed by atoms with van der Waals surface area (Å²) in [4.78, 5) is 8.04. The lowest BCUT2D eigenvalue weighted by Crippen LogP contribution is -1.99. The number of anilines is 1. The van der Waals surface area contributed by atoms with Gasteiger partial charge in [-0.25, -0.2) is 9.97 Å². The van der Waals surface area contributed by atoms with Gasteiger partial charge in [-0.1, -0.05) is 12.2 Å². The van der Waals surface area contributed by atoms with Crippen LogP contribution in [-0.4, -0.2) is 17.0 Å². The Morgan fingerprint density at radius 3 is 3.00 bits per heavy atom. The molecular weight excluding hydrogens is 150 g/mol. The van der Waals surface area contributed by atoms with Gasteiger partial charge in [0.15, 0.2) is 0 Å². The van der Waals surface area contributed by atoms with Gasteiger partial charge in [-0.05, 0) is 13.3 Å². The van der Waals surface area contributed by atoms with E-state index in [1.54, 1.807) is 0 Å². The zero-order valence-electron chi connectivity index (χ0n) is 7.46. The number of hydrogen-bond donors (Lipinski definition) is 1. The lowest BCUT2D eigenvalue weighted by molar-refractivity contribution is 1.05. The summed E-state index contributed by atoms with van der Waals surface area (Å²) in [6.07, 6.45) is 4.18. The summed E-state index contributed by atoms with van der Waals surface area (Å²) in [6.45, 7) is 5.83. The molecular formula is C9H13N3. The van der Waals surface area contributed by atoms with Crippen LogP contribution in [0.1, 0.15) is 12.5 Å². The minimum Gasteiger partial charge on any atom is -0.373 e. The molecule has 1 aromatic rings. The molecule has 0 aliphatic rings. The van der Waals surface area contributed by atoms with E-state index in [4.69, 9.17) is 0 Å². The van der Waals surface area contributed by atoms with Gasteiger partial charge in [0.05, 0.1) is 0 Å². The molecule has 0 fully saturated rings. The van der Waals surface area contributed by atoms with E-state index in [9.17, 15) is 0 Å². The summed E-state index contributed by atoms with van der Waals surface area (Å²) in [5.41, 5.74) is 2.20. The summed E-state index contributed by atoms with van der Waals surface area (Å²) >= 11 is 0. The van der Waals surface area contributed by atoms with Gasteiger partial charge in [0, 0.05) is 18.8 Å². The number of rotatable bonds is 3. The highest BCUT2D eigenvalue weighted by Gasteiger charge is 2.00. The van der Waals surface area contributed by atoms with E-state index in [-0.39, 0.29) is 0 Å². The van der Waals surface area contributed by atoms with Gasteiger partial charge >= 0.3 is 0 Å². The van der Waals surface area contributed by atoms with E-state index in [0.717, 1.165) is 23.4 Å². The first-order chi connectivity index (χ1) is 5.74. The minimum atomic E-state index is 0.830. The van der Waals surface area contributed by atoms with Crippen LogP contribution in [0.5, 0.6) is 0 Å². The Morgan fingerprint density at radius 2 is 2.42 bits per heavy atom. The molecule has 0 spiro atoms. The average molecular weight is 163 g/mol. The average Bonchev–Trinajstić information content (AvgIpc) is 2.04. The van der Waals surface area contributed by atoms with E-state index in [1.807, 2.05) is 20.2 Å². The number of nitrogens with one attached hydrogen (secondary N) is 1. The Bertz CT molecular complexity index is 281. The highest BCUT2D eigenvalue weighted by Crippen LogP contribution is 2.12. The molecule has 12 heavy (non-hydrogen) atoms. The first-order valence-electron chi connectivity index (χ1n) is 3.85. The van der Waals surface area contributed by atoms with Gasteiger partial charge in [0.2, 0.25) is 0 Å². The molecule has 1 heterocycles. The Labute approximate surface area is 72.6 Å². The summed E-state index contributed by atoms with van der Waals surface area (Å²) in [5.74, 6) is 0.882. The van der Waals surface area contributed by atoms with Crippen molar-refractivity contribution in [3.05, 3.63) is 30.2 Å². The second-order valence-corrected chi connectivity index (χ2v) is 2.78. The molecule has 0 amide bonds. The summed E-state index contributed by atoms with van der Waals surface area (Å²) in [7, 11) is 1.85. The first-order valence-corrected chi connectivity index (χ1v) is 3.85. The second-order valence-electron chi connectivity index (χ2n) is 2.78. The first kappa shape index (κ1) is 8.71. The molecule has 0 saturated heterocycles. The molecule has 0 bridgehead atoms. The quantitative estimate of drug-likeness (QED) is 0.688. The van der Waals surface area contributed by atoms with Crippen LogP contribution in [0.25, 0.3) is 0 Å². The Kier molecular flexibility index (Phi) is 2.80. The van der Waals surface area contributed by atoms with Gasteiger partial charge in [-0.3, -0.25) is 0 Å².